The summed E-state index contributed by atoms with van der Waals surface area (Å²) < 4.78 is 6.86. The smallest absolute Gasteiger partial charge is 0.271 e. The minimum atomic E-state index is -0.264. The van der Waals surface area contributed by atoms with Crippen molar-refractivity contribution in [3.63, 3.8) is 0 Å². The summed E-state index contributed by atoms with van der Waals surface area (Å²) in [5, 5.41) is 10.5. The number of nitrogens with zero attached hydrogens (tertiary/aromatic N) is 3. The molecule has 1 saturated heterocycles. The third-order valence-corrected chi connectivity index (χ3v) is 2.78. The summed E-state index contributed by atoms with van der Waals surface area (Å²) in [6.45, 7) is 5.80. The fourth-order valence-corrected chi connectivity index (χ4v) is 1.77. The zero-order chi connectivity index (χ0) is 11.6. The Bertz CT molecular complexity index is 382. The second kappa shape index (κ2) is 4.21. The van der Waals surface area contributed by atoms with E-state index in [-0.39, 0.29) is 11.4 Å². The Balaban J connectivity index is 2.08. The first-order valence-corrected chi connectivity index (χ1v) is 5.43. The van der Waals surface area contributed by atoms with E-state index in [1.54, 1.807) is 4.68 Å². The van der Waals surface area contributed by atoms with Crippen LogP contribution in [-0.4, -0.2) is 39.7 Å². The van der Waals surface area contributed by atoms with Crippen LogP contribution in [0.25, 0.3) is 0 Å². The molecule has 6 nitrogen and oxygen atoms in total. The van der Waals surface area contributed by atoms with Gasteiger partial charge >= 0.3 is 0 Å². The normalized spacial score (nSPS) is 24.6. The van der Waals surface area contributed by atoms with Crippen molar-refractivity contribution in [1.82, 2.24) is 20.3 Å². The van der Waals surface area contributed by atoms with Gasteiger partial charge in [-0.2, -0.15) is 0 Å². The molecule has 1 N–H and O–H groups in total. The molecule has 0 aromatic carbocycles. The summed E-state index contributed by atoms with van der Waals surface area (Å²) in [6, 6.07) is 0. The molecule has 1 unspecified atom stereocenters. The molecule has 1 atom stereocenters. The van der Waals surface area contributed by atoms with Gasteiger partial charge in [-0.3, -0.25) is 4.79 Å². The number of aromatic nitrogens is 3. The largest absolute Gasteiger partial charge is 0.379 e. The van der Waals surface area contributed by atoms with Crippen LogP contribution in [0.1, 0.15) is 30.8 Å². The van der Waals surface area contributed by atoms with Gasteiger partial charge in [0.2, 0.25) is 0 Å². The first-order chi connectivity index (χ1) is 7.64. The standard InChI is InChI=1S/C10H16N4O2/c1-3-14-8(6-11-13-14)9(15)12-10(2)4-5-16-7-10/h6H,3-5,7H2,1-2H3,(H,12,15). The minimum absolute atomic E-state index is 0.139. The van der Waals surface area contributed by atoms with Crippen LogP contribution in [0.2, 0.25) is 0 Å². The Kier molecular flexibility index (Phi) is 2.91. The number of carbonyl (C=O) groups is 1. The van der Waals surface area contributed by atoms with Crippen LogP contribution < -0.4 is 5.32 Å². The zero-order valence-corrected chi connectivity index (χ0v) is 9.56. The Hall–Kier alpha value is -1.43. The van der Waals surface area contributed by atoms with Crippen molar-refractivity contribution in [3.05, 3.63) is 11.9 Å². The predicted octanol–water partition coefficient (Wildman–Crippen LogP) is 0.207. The first-order valence-electron chi connectivity index (χ1n) is 5.43. The van der Waals surface area contributed by atoms with Crippen molar-refractivity contribution in [2.75, 3.05) is 13.2 Å². The number of hydrogen-bond acceptors (Lipinski definition) is 4. The van der Waals surface area contributed by atoms with Crippen molar-refractivity contribution in [3.8, 4) is 0 Å². The van der Waals surface area contributed by atoms with Crippen molar-refractivity contribution in [1.29, 1.82) is 0 Å². The Morgan fingerprint density at radius 3 is 3.19 bits per heavy atom. The molecule has 1 amide bonds. The number of amides is 1. The molecule has 0 saturated carbocycles. The number of carbonyl (C=O) groups excluding carboxylic acids is 1. The molecule has 2 rings (SSSR count). The lowest BCUT2D eigenvalue weighted by Crippen LogP contribution is -2.47. The van der Waals surface area contributed by atoms with E-state index in [0.29, 0.717) is 25.5 Å². The lowest BCUT2D eigenvalue weighted by molar-refractivity contribution is 0.0879. The number of ether oxygens (including phenoxy) is 1. The molecule has 0 radical (unpaired) electrons. The number of rotatable bonds is 3. The molecule has 1 aliphatic rings. The van der Waals surface area contributed by atoms with Crippen molar-refractivity contribution >= 4 is 5.91 Å². The van der Waals surface area contributed by atoms with E-state index in [9.17, 15) is 4.79 Å². The van der Waals surface area contributed by atoms with Crippen LogP contribution in [0.5, 0.6) is 0 Å². The molecule has 1 aromatic heterocycles. The van der Waals surface area contributed by atoms with Gasteiger partial charge < -0.3 is 10.1 Å². The SMILES string of the molecule is CCn1nncc1C(=O)NC1(C)CCOC1. The highest BCUT2D eigenvalue weighted by molar-refractivity contribution is 5.92. The quantitative estimate of drug-likeness (QED) is 0.796. The average molecular weight is 224 g/mol. The van der Waals surface area contributed by atoms with Gasteiger partial charge in [-0.05, 0) is 20.3 Å². The first kappa shape index (κ1) is 11.1. The average Bonchev–Trinajstić information content (AvgIpc) is 2.85. The van der Waals surface area contributed by atoms with Crippen molar-refractivity contribution < 1.29 is 9.53 Å². The van der Waals surface area contributed by atoms with E-state index in [0.717, 1.165) is 6.42 Å². The maximum atomic E-state index is 12.0. The lowest BCUT2D eigenvalue weighted by atomic mass is 10.0. The highest BCUT2D eigenvalue weighted by atomic mass is 16.5. The Morgan fingerprint density at radius 2 is 2.56 bits per heavy atom. The van der Waals surface area contributed by atoms with Gasteiger partial charge in [0, 0.05) is 13.2 Å². The predicted molar refractivity (Wildman–Crippen MR) is 57.0 cm³/mol. The molecule has 16 heavy (non-hydrogen) atoms. The van der Waals surface area contributed by atoms with Crippen LogP contribution in [0.15, 0.2) is 6.20 Å². The van der Waals surface area contributed by atoms with E-state index < -0.39 is 0 Å². The summed E-state index contributed by atoms with van der Waals surface area (Å²) in [4.78, 5) is 12.0. The van der Waals surface area contributed by atoms with Gasteiger partial charge in [0.25, 0.3) is 5.91 Å². The van der Waals surface area contributed by atoms with Crippen LogP contribution in [-0.2, 0) is 11.3 Å². The monoisotopic (exact) mass is 224 g/mol. The molecule has 1 aromatic rings. The summed E-state index contributed by atoms with van der Waals surface area (Å²) in [7, 11) is 0. The second-order valence-corrected chi connectivity index (χ2v) is 4.25. The summed E-state index contributed by atoms with van der Waals surface area (Å²) in [6.07, 6.45) is 2.32. The highest BCUT2D eigenvalue weighted by Gasteiger charge is 2.32. The molecular weight excluding hydrogens is 208 g/mol. The van der Waals surface area contributed by atoms with Crippen molar-refractivity contribution in [2.24, 2.45) is 0 Å². The molecule has 0 aliphatic carbocycles. The van der Waals surface area contributed by atoms with E-state index >= 15 is 0 Å². The molecule has 1 fully saturated rings. The summed E-state index contributed by atoms with van der Waals surface area (Å²) in [5.74, 6) is -0.139. The summed E-state index contributed by atoms with van der Waals surface area (Å²) >= 11 is 0. The maximum Gasteiger partial charge on any atom is 0.271 e. The number of aryl methyl sites for hydroxylation is 1. The van der Waals surface area contributed by atoms with Crippen molar-refractivity contribution in [2.45, 2.75) is 32.4 Å². The van der Waals surface area contributed by atoms with Gasteiger partial charge in [-0.15, -0.1) is 5.10 Å². The Labute approximate surface area is 94.0 Å². The molecule has 0 spiro atoms. The topological polar surface area (TPSA) is 69.0 Å². The lowest BCUT2D eigenvalue weighted by Gasteiger charge is -2.23. The number of hydrogen-bond donors (Lipinski definition) is 1. The minimum Gasteiger partial charge on any atom is -0.379 e. The van der Waals surface area contributed by atoms with Crippen LogP contribution >= 0.6 is 0 Å². The molecule has 6 heteroatoms. The van der Waals surface area contributed by atoms with Gasteiger partial charge in [0.1, 0.15) is 5.69 Å². The molecule has 1 aliphatic heterocycles. The fourth-order valence-electron chi connectivity index (χ4n) is 1.77. The fraction of sp³-hybridized carbons (Fsp3) is 0.700. The summed E-state index contributed by atoms with van der Waals surface area (Å²) in [5.41, 5.74) is 0.232. The van der Waals surface area contributed by atoms with Crippen LogP contribution in [0, 0.1) is 0 Å². The molecular formula is C10H16N4O2. The van der Waals surface area contributed by atoms with E-state index in [4.69, 9.17) is 4.74 Å². The number of nitrogens with one attached hydrogen (secondary N) is 1. The van der Waals surface area contributed by atoms with E-state index in [2.05, 4.69) is 15.6 Å². The van der Waals surface area contributed by atoms with E-state index in [1.807, 2.05) is 13.8 Å². The highest BCUT2D eigenvalue weighted by Crippen LogP contribution is 2.17. The third-order valence-electron chi connectivity index (χ3n) is 2.78. The van der Waals surface area contributed by atoms with E-state index in [1.165, 1.54) is 6.20 Å². The van der Waals surface area contributed by atoms with Gasteiger partial charge in [-0.1, -0.05) is 5.21 Å². The van der Waals surface area contributed by atoms with Gasteiger partial charge in [-0.25, -0.2) is 4.68 Å². The zero-order valence-electron chi connectivity index (χ0n) is 9.56. The van der Waals surface area contributed by atoms with Gasteiger partial charge in [0.05, 0.1) is 18.3 Å². The second-order valence-electron chi connectivity index (χ2n) is 4.25. The molecule has 88 valence electrons. The Morgan fingerprint density at radius 1 is 1.75 bits per heavy atom. The van der Waals surface area contributed by atoms with Crippen LogP contribution in [0.4, 0.5) is 0 Å². The van der Waals surface area contributed by atoms with Crippen LogP contribution in [0.3, 0.4) is 0 Å². The maximum absolute atomic E-state index is 12.0. The third kappa shape index (κ3) is 2.06. The molecule has 2 heterocycles. The molecule has 0 bridgehead atoms. The van der Waals surface area contributed by atoms with Gasteiger partial charge in [0.15, 0.2) is 0 Å².